The Hall–Kier alpha value is -2.13. The van der Waals surface area contributed by atoms with E-state index in [4.69, 9.17) is 23.2 Å². The first-order valence-electron chi connectivity index (χ1n) is 10.9. The van der Waals surface area contributed by atoms with Crippen LogP contribution in [-0.2, 0) is 26.2 Å². The van der Waals surface area contributed by atoms with Crippen molar-refractivity contribution in [2.75, 3.05) is 13.6 Å². The van der Waals surface area contributed by atoms with Crippen LogP contribution in [0.15, 0.2) is 47.4 Å². The molecule has 0 radical (unpaired) electrons. The van der Waals surface area contributed by atoms with E-state index >= 15 is 0 Å². The third kappa shape index (κ3) is 6.95. The molecule has 7 nitrogen and oxygen atoms in total. The van der Waals surface area contributed by atoms with Crippen LogP contribution in [0.5, 0.6) is 0 Å². The molecule has 2 aromatic rings. The lowest BCUT2D eigenvalue weighted by Gasteiger charge is -2.31. The molecule has 0 aromatic heterocycles. The van der Waals surface area contributed by atoms with Gasteiger partial charge in [0.1, 0.15) is 6.04 Å². The van der Waals surface area contributed by atoms with E-state index in [2.05, 4.69) is 5.32 Å². The Bertz CT molecular complexity index is 1100. The topological polar surface area (TPSA) is 86.8 Å². The fraction of sp³-hybridized carbons (Fsp3) is 0.417. The van der Waals surface area contributed by atoms with Crippen molar-refractivity contribution >= 4 is 45.0 Å². The van der Waals surface area contributed by atoms with Gasteiger partial charge in [0.2, 0.25) is 21.8 Å². The maximum atomic E-state index is 13.4. The summed E-state index contributed by atoms with van der Waals surface area (Å²) >= 11 is 12.6. The standard InChI is InChI=1S/C24H31Cl2N3O4S/c1-6-17(3)27-24(31)18(4)29(14-20-21(25)8-7-9-22(20)26)23(30)15-28(5)34(32,33)19-12-10-16(2)11-13-19/h7-13,17-18H,6,14-15H2,1-5H3,(H,27,31)/t17-,18-/m0/s1. The first kappa shape index (κ1) is 28.1. The van der Waals surface area contributed by atoms with Gasteiger partial charge in [-0.25, -0.2) is 8.42 Å². The van der Waals surface area contributed by atoms with Gasteiger partial charge in [0.15, 0.2) is 0 Å². The number of halogens is 2. The Morgan fingerprint density at radius 3 is 2.12 bits per heavy atom. The summed E-state index contributed by atoms with van der Waals surface area (Å²) in [6.07, 6.45) is 0.722. The zero-order chi connectivity index (χ0) is 25.6. The molecule has 0 saturated carbocycles. The van der Waals surface area contributed by atoms with E-state index < -0.39 is 28.5 Å². The van der Waals surface area contributed by atoms with Crippen molar-refractivity contribution in [1.29, 1.82) is 0 Å². The summed E-state index contributed by atoms with van der Waals surface area (Å²) in [6.45, 7) is 6.74. The normalized spacial score (nSPS) is 13.4. The number of nitrogens with one attached hydrogen (secondary N) is 1. The van der Waals surface area contributed by atoms with E-state index in [9.17, 15) is 18.0 Å². The summed E-state index contributed by atoms with van der Waals surface area (Å²) in [5, 5.41) is 3.56. The minimum absolute atomic E-state index is 0.0507. The van der Waals surface area contributed by atoms with Gasteiger partial charge in [-0.3, -0.25) is 9.59 Å². The summed E-state index contributed by atoms with van der Waals surface area (Å²) in [5.74, 6) is -0.907. The average Bonchev–Trinajstić information content (AvgIpc) is 2.78. The summed E-state index contributed by atoms with van der Waals surface area (Å²) in [7, 11) is -2.58. The summed E-state index contributed by atoms with van der Waals surface area (Å²) in [4.78, 5) is 27.6. The highest BCUT2D eigenvalue weighted by molar-refractivity contribution is 7.89. The van der Waals surface area contributed by atoms with Crippen LogP contribution in [-0.4, -0.2) is 55.1 Å². The Morgan fingerprint density at radius 1 is 1.03 bits per heavy atom. The highest BCUT2D eigenvalue weighted by atomic mass is 35.5. The minimum Gasteiger partial charge on any atom is -0.352 e. The summed E-state index contributed by atoms with van der Waals surface area (Å²) in [6, 6.07) is 10.4. The first-order chi connectivity index (χ1) is 15.9. The number of hydrogen-bond acceptors (Lipinski definition) is 4. The molecular formula is C24H31Cl2N3O4S. The number of carbonyl (C=O) groups is 2. The number of aryl methyl sites for hydroxylation is 1. The highest BCUT2D eigenvalue weighted by Crippen LogP contribution is 2.27. The van der Waals surface area contributed by atoms with E-state index in [-0.39, 0.29) is 23.4 Å². The lowest BCUT2D eigenvalue weighted by Crippen LogP contribution is -2.52. The smallest absolute Gasteiger partial charge is 0.243 e. The average molecular weight is 529 g/mol. The number of hydrogen-bond donors (Lipinski definition) is 1. The molecule has 10 heteroatoms. The van der Waals surface area contributed by atoms with Gasteiger partial charge in [-0.1, -0.05) is 53.9 Å². The predicted octanol–water partition coefficient (Wildman–Crippen LogP) is 4.25. The molecule has 0 heterocycles. The molecule has 0 aliphatic carbocycles. The van der Waals surface area contributed by atoms with E-state index in [1.54, 1.807) is 37.3 Å². The lowest BCUT2D eigenvalue weighted by atomic mass is 10.1. The predicted molar refractivity (Wildman–Crippen MR) is 135 cm³/mol. The second-order valence-corrected chi connectivity index (χ2v) is 11.1. The van der Waals surface area contributed by atoms with Crippen molar-refractivity contribution in [3.05, 3.63) is 63.6 Å². The number of benzene rings is 2. The van der Waals surface area contributed by atoms with Crippen molar-refractivity contribution < 1.29 is 18.0 Å². The second-order valence-electron chi connectivity index (χ2n) is 8.29. The third-order valence-corrected chi connectivity index (χ3v) is 8.17. The highest BCUT2D eigenvalue weighted by Gasteiger charge is 2.31. The molecule has 2 aromatic carbocycles. The van der Waals surface area contributed by atoms with Crippen LogP contribution in [0.2, 0.25) is 10.0 Å². The molecule has 0 unspecified atom stereocenters. The fourth-order valence-corrected chi connectivity index (χ4v) is 4.80. The van der Waals surface area contributed by atoms with Crippen molar-refractivity contribution in [3.8, 4) is 0 Å². The molecule has 2 rings (SSSR count). The van der Waals surface area contributed by atoms with Crippen LogP contribution < -0.4 is 5.32 Å². The van der Waals surface area contributed by atoms with Gasteiger partial charge in [0.05, 0.1) is 11.4 Å². The SMILES string of the molecule is CC[C@H](C)NC(=O)[C@H](C)N(Cc1c(Cl)cccc1Cl)C(=O)CN(C)S(=O)(=O)c1ccc(C)cc1. The molecule has 0 fully saturated rings. The van der Waals surface area contributed by atoms with Crippen LogP contribution in [0.1, 0.15) is 38.3 Å². The molecule has 34 heavy (non-hydrogen) atoms. The molecule has 1 N–H and O–H groups in total. The number of carbonyl (C=O) groups excluding carboxylic acids is 2. The minimum atomic E-state index is -3.91. The maximum Gasteiger partial charge on any atom is 0.243 e. The molecule has 0 aliphatic heterocycles. The Labute approximate surface area is 212 Å². The molecule has 186 valence electrons. The number of rotatable bonds is 10. The molecule has 0 bridgehead atoms. The van der Waals surface area contributed by atoms with E-state index in [0.29, 0.717) is 15.6 Å². The first-order valence-corrected chi connectivity index (χ1v) is 13.1. The molecule has 2 atom stereocenters. The molecule has 2 amide bonds. The van der Waals surface area contributed by atoms with Crippen molar-refractivity contribution in [1.82, 2.24) is 14.5 Å². The van der Waals surface area contributed by atoms with Gasteiger partial charge < -0.3 is 10.2 Å². The summed E-state index contributed by atoms with van der Waals surface area (Å²) in [5.41, 5.74) is 1.40. The molecular weight excluding hydrogens is 497 g/mol. The molecule has 0 spiro atoms. The van der Waals surface area contributed by atoms with Gasteiger partial charge in [-0.2, -0.15) is 4.31 Å². The number of amides is 2. The van der Waals surface area contributed by atoms with Crippen LogP contribution in [0.4, 0.5) is 0 Å². The van der Waals surface area contributed by atoms with E-state index in [0.717, 1.165) is 16.3 Å². The van der Waals surface area contributed by atoms with Gasteiger partial charge in [0.25, 0.3) is 0 Å². The molecule has 0 saturated heterocycles. The van der Waals surface area contributed by atoms with Crippen LogP contribution in [0.25, 0.3) is 0 Å². The van der Waals surface area contributed by atoms with E-state index in [1.807, 2.05) is 20.8 Å². The van der Waals surface area contributed by atoms with Gasteiger partial charge in [-0.05, 0) is 51.5 Å². The number of likely N-dealkylation sites (N-methyl/N-ethyl adjacent to an activating group) is 1. The maximum absolute atomic E-state index is 13.4. The Kier molecular flexibility index (Phi) is 9.94. The second kappa shape index (κ2) is 12.0. The van der Waals surface area contributed by atoms with Crippen molar-refractivity contribution in [2.24, 2.45) is 0 Å². The summed E-state index contributed by atoms with van der Waals surface area (Å²) < 4.78 is 27.0. The quantitative estimate of drug-likeness (QED) is 0.500. The monoisotopic (exact) mass is 527 g/mol. The van der Waals surface area contributed by atoms with Crippen LogP contribution >= 0.6 is 23.2 Å². The van der Waals surface area contributed by atoms with Crippen LogP contribution in [0.3, 0.4) is 0 Å². The number of sulfonamides is 1. The zero-order valence-corrected chi connectivity index (χ0v) is 22.3. The third-order valence-electron chi connectivity index (χ3n) is 5.65. The zero-order valence-electron chi connectivity index (χ0n) is 20.0. The number of nitrogens with zero attached hydrogens (tertiary/aromatic N) is 2. The molecule has 0 aliphatic rings. The van der Waals surface area contributed by atoms with Gasteiger partial charge >= 0.3 is 0 Å². The fourth-order valence-electron chi connectivity index (χ4n) is 3.16. The van der Waals surface area contributed by atoms with E-state index in [1.165, 1.54) is 24.1 Å². The van der Waals surface area contributed by atoms with Gasteiger partial charge in [-0.15, -0.1) is 0 Å². The Morgan fingerprint density at radius 2 is 1.59 bits per heavy atom. The largest absolute Gasteiger partial charge is 0.352 e. The van der Waals surface area contributed by atoms with Crippen molar-refractivity contribution in [2.45, 2.75) is 57.6 Å². The lowest BCUT2D eigenvalue weighted by molar-refractivity contribution is -0.140. The Balaban J connectivity index is 2.34. The van der Waals surface area contributed by atoms with Crippen molar-refractivity contribution in [3.63, 3.8) is 0 Å². The van der Waals surface area contributed by atoms with Gasteiger partial charge in [0, 0.05) is 35.2 Å². The van der Waals surface area contributed by atoms with Crippen LogP contribution in [0, 0.1) is 6.92 Å².